The monoisotopic (exact) mass is 364 g/mol. The number of carbonyl (C=O) groups is 2. The van der Waals surface area contributed by atoms with Crippen molar-refractivity contribution in [3.63, 3.8) is 0 Å². The van der Waals surface area contributed by atoms with Gasteiger partial charge in [0.15, 0.2) is 5.75 Å². The number of benzene rings is 2. The third-order valence-corrected chi connectivity index (χ3v) is 3.85. The van der Waals surface area contributed by atoms with Gasteiger partial charge in [0.1, 0.15) is 0 Å². The van der Waals surface area contributed by atoms with Gasteiger partial charge < -0.3 is 15.0 Å². The predicted octanol–water partition coefficient (Wildman–Crippen LogP) is 3.96. The lowest BCUT2D eigenvalue weighted by molar-refractivity contribution is -0.274. The van der Waals surface area contributed by atoms with Gasteiger partial charge >= 0.3 is 6.36 Å². The van der Waals surface area contributed by atoms with Gasteiger partial charge in [0.2, 0.25) is 5.91 Å². The predicted molar refractivity (Wildman–Crippen MR) is 89.1 cm³/mol. The maximum absolute atomic E-state index is 12.5. The summed E-state index contributed by atoms with van der Waals surface area (Å²) in [4.78, 5) is 25.8. The fourth-order valence-corrected chi connectivity index (χ4v) is 2.71. The third-order valence-electron chi connectivity index (χ3n) is 3.85. The molecule has 1 saturated heterocycles. The fraction of sp³-hybridized carbons (Fsp3) is 0.222. The number of alkyl halides is 3. The molecule has 2 aromatic carbocycles. The normalized spacial score (nSPS) is 14.4. The molecule has 136 valence electrons. The van der Waals surface area contributed by atoms with Crippen molar-refractivity contribution >= 4 is 23.2 Å². The van der Waals surface area contributed by atoms with E-state index in [0.717, 1.165) is 12.5 Å². The van der Waals surface area contributed by atoms with Crippen LogP contribution in [0.2, 0.25) is 0 Å². The van der Waals surface area contributed by atoms with Crippen LogP contribution in [-0.4, -0.2) is 24.7 Å². The highest BCUT2D eigenvalue weighted by atomic mass is 19.4. The van der Waals surface area contributed by atoms with Crippen LogP contribution in [0.1, 0.15) is 23.2 Å². The molecule has 1 aliphatic rings. The van der Waals surface area contributed by atoms with Gasteiger partial charge in [-0.25, -0.2) is 0 Å². The Labute approximate surface area is 147 Å². The summed E-state index contributed by atoms with van der Waals surface area (Å²) in [5, 5.41) is 2.41. The lowest BCUT2D eigenvalue weighted by atomic mass is 10.1. The summed E-state index contributed by atoms with van der Waals surface area (Å²) in [5.74, 6) is -1.12. The lowest BCUT2D eigenvalue weighted by Crippen LogP contribution is -2.24. The Balaban J connectivity index is 1.80. The zero-order chi connectivity index (χ0) is 18.7. The molecular weight excluding hydrogens is 349 g/mol. The maximum atomic E-state index is 12.5. The highest BCUT2D eigenvalue weighted by Gasteiger charge is 2.32. The number of nitrogens with one attached hydrogen (secondary N) is 1. The Morgan fingerprint density at radius 2 is 1.88 bits per heavy atom. The van der Waals surface area contributed by atoms with Crippen LogP contribution in [0.5, 0.6) is 5.75 Å². The van der Waals surface area contributed by atoms with E-state index in [1.54, 1.807) is 17.0 Å². The summed E-state index contributed by atoms with van der Waals surface area (Å²) in [6, 6.07) is 11.7. The molecule has 0 spiro atoms. The number of carbonyl (C=O) groups excluding carboxylic acids is 2. The molecule has 1 fully saturated rings. The van der Waals surface area contributed by atoms with Crippen LogP contribution in [0.25, 0.3) is 0 Å². The number of ether oxygens (including phenoxy) is 1. The average Bonchev–Trinajstić information content (AvgIpc) is 3.01. The molecule has 0 unspecified atom stereocenters. The van der Waals surface area contributed by atoms with Crippen LogP contribution in [0, 0.1) is 0 Å². The van der Waals surface area contributed by atoms with Crippen molar-refractivity contribution in [1.82, 2.24) is 0 Å². The van der Waals surface area contributed by atoms with Gasteiger partial charge in [-0.3, -0.25) is 9.59 Å². The zero-order valence-electron chi connectivity index (χ0n) is 13.5. The molecule has 3 rings (SSSR count). The molecule has 2 amide bonds. The minimum Gasteiger partial charge on any atom is -0.404 e. The van der Waals surface area contributed by atoms with Crippen LogP contribution >= 0.6 is 0 Å². The first-order valence-corrected chi connectivity index (χ1v) is 7.90. The number of rotatable bonds is 4. The van der Waals surface area contributed by atoms with Crippen LogP contribution in [0.4, 0.5) is 24.5 Å². The van der Waals surface area contributed by atoms with Crippen molar-refractivity contribution in [2.75, 3.05) is 16.8 Å². The van der Waals surface area contributed by atoms with Crippen molar-refractivity contribution < 1.29 is 27.5 Å². The molecule has 1 N–H and O–H groups in total. The summed E-state index contributed by atoms with van der Waals surface area (Å²) in [6.45, 7) is 0.576. The minimum atomic E-state index is -4.86. The van der Waals surface area contributed by atoms with E-state index < -0.39 is 18.0 Å². The summed E-state index contributed by atoms with van der Waals surface area (Å²) in [6.07, 6.45) is -3.66. The van der Waals surface area contributed by atoms with Crippen molar-refractivity contribution in [2.45, 2.75) is 19.2 Å². The molecule has 26 heavy (non-hydrogen) atoms. The first kappa shape index (κ1) is 17.8. The number of hydrogen-bond acceptors (Lipinski definition) is 3. The Hall–Kier alpha value is -3.03. The van der Waals surface area contributed by atoms with E-state index in [4.69, 9.17) is 0 Å². The van der Waals surface area contributed by atoms with Gasteiger partial charge in [-0.1, -0.05) is 18.2 Å². The molecule has 0 aliphatic carbocycles. The Morgan fingerprint density at radius 1 is 1.12 bits per heavy atom. The van der Waals surface area contributed by atoms with E-state index in [-0.39, 0.29) is 17.2 Å². The van der Waals surface area contributed by atoms with Crippen molar-refractivity contribution in [1.29, 1.82) is 0 Å². The molecule has 0 radical (unpaired) electrons. The molecule has 8 heteroatoms. The van der Waals surface area contributed by atoms with Gasteiger partial charge in [0.05, 0.1) is 5.69 Å². The SMILES string of the molecule is O=C(Nc1ccccc1OC(F)(F)F)c1cccc(N2CCCC2=O)c1. The van der Waals surface area contributed by atoms with Crippen molar-refractivity contribution in [3.05, 3.63) is 54.1 Å². The largest absolute Gasteiger partial charge is 0.573 e. The summed E-state index contributed by atoms with van der Waals surface area (Å²) >= 11 is 0. The van der Waals surface area contributed by atoms with Gasteiger partial charge in [0, 0.05) is 24.2 Å². The fourth-order valence-electron chi connectivity index (χ4n) is 2.71. The Kier molecular flexibility index (Phi) is 4.83. The molecule has 2 aromatic rings. The first-order valence-electron chi connectivity index (χ1n) is 7.90. The summed E-state index contributed by atoms with van der Waals surface area (Å²) in [7, 11) is 0. The van der Waals surface area contributed by atoms with Crippen molar-refractivity contribution in [3.8, 4) is 5.75 Å². The smallest absolute Gasteiger partial charge is 0.404 e. The number of anilines is 2. The van der Waals surface area contributed by atoms with E-state index in [0.29, 0.717) is 18.7 Å². The van der Waals surface area contributed by atoms with E-state index >= 15 is 0 Å². The molecule has 1 aliphatic heterocycles. The lowest BCUT2D eigenvalue weighted by Gasteiger charge is -2.17. The third kappa shape index (κ3) is 4.14. The molecule has 1 heterocycles. The average molecular weight is 364 g/mol. The second-order valence-corrected chi connectivity index (χ2v) is 5.70. The second-order valence-electron chi connectivity index (χ2n) is 5.70. The van der Waals surface area contributed by atoms with Crippen LogP contribution in [0.15, 0.2) is 48.5 Å². The van der Waals surface area contributed by atoms with Crippen LogP contribution in [0.3, 0.4) is 0 Å². The standard InChI is InChI=1S/C18H15F3N2O3/c19-18(20,21)26-15-8-2-1-7-14(15)22-17(25)12-5-3-6-13(11-12)23-10-4-9-16(23)24/h1-3,5-8,11H,4,9-10H2,(H,22,25). The molecule has 0 saturated carbocycles. The van der Waals surface area contributed by atoms with Gasteiger partial charge in [-0.2, -0.15) is 0 Å². The number of hydrogen-bond donors (Lipinski definition) is 1. The van der Waals surface area contributed by atoms with E-state index in [2.05, 4.69) is 10.1 Å². The Bertz CT molecular complexity index is 836. The van der Waals surface area contributed by atoms with Crippen LogP contribution < -0.4 is 15.0 Å². The maximum Gasteiger partial charge on any atom is 0.573 e. The molecule has 0 atom stereocenters. The first-order chi connectivity index (χ1) is 12.3. The zero-order valence-corrected chi connectivity index (χ0v) is 13.5. The van der Waals surface area contributed by atoms with Crippen LogP contribution in [-0.2, 0) is 4.79 Å². The number of para-hydroxylation sites is 2. The second kappa shape index (κ2) is 7.07. The molecule has 0 aromatic heterocycles. The van der Waals surface area contributed by atoms with E-state index in [9.17, 15) is 22.8 Å². The number of nitrogens with zero attached hydrogens (tertiary/aromatic N) is 1. The molecule has 0 bridgehead atoms. The quantitative estimate of drug-likeness (QED) is 0.893. The van der Waals surface area contributed by atoms with Gasteiger partial charge in [-0.15, -0.1) is 13.2 Å². The number of amides is 2. The topological polar surface area (TPSA) is 58.6 Å². The van der Waals surface area contributed by atoms with Gasteiger partial charge in [-0.05, 0) is 36.8 Å². The molecule has 5 nitrogen and oxygen atoms in total. The Morgan fingerprint density at radius 3 is 2.58 bits per heavy atom. The highest BCUT2D eigenvalue weighted by molar-refractivity contribution is 6.06. The van der Waals surface area contributed by atoms with Crippen molar-refractivity contribution in [2.24, 2.45) is 0 Å². The minimum absolute atomic E-state index is 0.0218. The number of halogens is 3. The van der Waals surface area contributed by atoms with Gasteiger partial charge in [0.25, 0.3) is 5.91 Å². The van der Waals surface area contributed by atoms with E-state index in [1.807, 2.05) is 0 Å². The highest BCUT2D eigenvalue weighted by Crippen LogP contribution is 2.30. The summed E-state index contributed by atoms with van der Waals surface area (Å²) < 4.78 is 41.3. The summed E-state index contributed by atoms with van der Waals surface area (Å²) in [5.41, 5.74) is 0.710. The molecular formula is C18H15F3N2O3. The van der Waals surface area contributed by atoms with E-state index in [1.165, 1.54) is 30.3 Å².